The van der Waals surface area contributed by atoms with E-state index in [1.165, 1.54) is 0 Å². The minimum atomic E-state index is -0.914. The lowest BCUT2D eigenvalue weighted by Crippen LogP contribution is -2.09. The molecule has 2 rings (SSSR count). The van der Waals surface area contributed by atoms with Gasteiger partial charge < -0.3 is 9.67 Å². The molecular formula is C15H16ClNO2. The predicted molar refractivity (Wildman–Crippen MR) is 76.9 cm³/mol. The summed E-state index contributed by atoms with van der Waals surface area (Å²) in [6.45, 7) is 4.66. The highest BCUT2D eigenvalue weighted by molar-refractivity contribution is 6.33. The van der Waals surface area contributed by atoms with Crippen molar-refractivity contribution in [1.82, 2.24) is 4.57 Å². The largest absolute Gasteiger partial charge is 0.477 e. The van der Waals surface area contributed by atoms with Crippen molar-refractivity contribution in [3.05, 3.63) is 46.6 Å². The van der Waals surface area contributed by atoms with E-state index in [-0.39, 0.29) is 0 Å². The fourth-order valence-corrected chi connectivity index (χ4v) is 2.51. The van der Waals surface area contributed by atoms with Crippen LogP contribution in [0.25, 0.3) is 11.3 Å². The summed E-state index contributed by atoms with van der Waals surface area (Å²) in [6, 6.07) is 9.25. The fourth-order valence-electron chi connectivity index (χ4n) is 2.18. The number of nitrogens with zero attached hydrogens (tertiary/aromatic N) is 1. The maximum Gasteiger partial charge on any atom is 0.352 e. The van der Waals surface area contributed by atoms with Crippen molar-refractivity contribution < 1.29 is 9.90 Å². The number of aromatic carboxylic acids is 1. The number of halogens is 1. The number of hydrogen-bond acceptors (Lipinski definition) is 1. The minimum Gasteiger partial charge on any atom is -0.477 e. The van der Waals surface area contributed by atoms with Gasteiger partial charge in [0.05, 0.1) is 10.7 Å². The van der Waals surface area contributed by atoms with Gasteiger partial charge in [0, 0.05) is 12.1 Å². The van der Waals surface area contributed by atoms with Crippen LogP contribution in [0.5, 0.6) is 0 Å². The number of aromatic nitrogens is 1. The number of hydrogen-bond donors (Lipinski definition) is 1. The third kappa shape index (κ3) is 2.66. The van der Waals surface area contributed by atoms with Crippen LogP contribution in [0.3, 0.4) is 0 Å². The van der Waals surface area contributed by atoms with Gasteiger partial charge in [-0.3, -0.25) is 0 Å². The minimum absolute atomic E-state index is 0.300. The fraction of sp³-hybridized carbons (Fsp3) is 0.267. The molecule has 0 unspecified atom stereocenters. The Morgan fingerprint density at radius 2 is 2.05 bits per heavy atom. The topological polar surface area (TPSA) is 42.2 Å². The van der Waals surface area contributed by atoms with Crippen LogP contribution in [-0.2, 0) is 6.54 Å². The average Bonchev–Trinajstić information content (AvgIpc) is 2.73. The van der Waals surface area contributed by atoms with Crippen LogP contribution in [-0.4, -0.2) is 15.6 Å². The summed E-state index contributed by atoms with van der Waals surface area (Å²) < 4.78 is 1.80. The molecule has 0 spiro atoms. The molecule has 0 saturated heterocycles. The molecule has 19 heavy (non-hydrogen) atoms. The van der Waals surface area contributed by atoms with E-state index in [0.29, 0.717) is 17.3 Å². The van der Waals surface area contributed by atoms with Gasteiger partial charge in [0.2, 0.25) is 0 Å². The van der Waals surface area contributed by atoms with Crippen LogP contribution in [0.1, 0.15) is 29.4 Å². The third-order valence-corrected chi connectivity index (χ3v) is 3.36. The summed E-state index contributed by atoms with van der Waals surface area (Å²) in [6.07, 6.45) is 0.867. The van der Waals surface area contributed by atoms with Gasteiger partial charge in [0.1, 0.15) is 5.69 Å². The Hall–Kier alpha value is -1.74. The van der Waals surface area contributed by atoms with Crippen LogP contribution < -0.4 is 0 Å². The molecule has 1 heterocycles. The van der Waals surface area contributed by atoms with Gasteiger partial charge in [-0.25, -0.2) is 4.79 Å². The summed E-state index contributed by atoms with van der Waals surface area (Å²) in [5.74, 6) is -0.914. The average molecular weight is 278 g/mol. The Morgan fingerprint density at radius 3 is 2.63 bits per heavy atom. The number of aryl methyl sites for hydroxylation is 1. The lowest BCUT2D eigenvalue weighted by atomic mass is 10.1. The first-order valence-corrected chi connectivity index (χ1v) is 6.61. The van der Waals surface area contributed by atoms with Crippen LogP contribution in [0.2, 0.25) is 5.02 Å². The van der Waals surface area contributed by atoms with Crippen LogP contribution >= 0.6 is 11.6 Å². The molecule has 0 aliphatic carbocycles. The molecule has 0 aliphatic heterocycles. The molecule has 0 radical (unpaired) electrons. The monoisotopic (exact) mass is 277 g/mol. The van der Waals surface area contributed by atoms with Crippen molar-refractivity contribution in [2.45, 2.75) is 26.8 Å². The van der Waals surface area contributed by atoms with Gasteiger partial charge in [0.25, 0.3) is 0 Å². The summed E-state index contributed by atoms with van der Waals surface area (Å²) in [5.41, 5.74) is 3.10. The van der Waals surface area contributed by atoms with Crippen molar-refractivity contribution in [1.29, 1.82) is 0 Å². The van der Waals surface area contributed by atoms with Gasteiger partial charge in [-0.1, -0.05) is 30.7 Å². The quantitative estimate of drug-likeness (QED) is 0.909. The normalized spacial score (nSPS) is 10.7. The van der Waals surface area contributed by atoms with E-state index >= 15 is 0 Å². The summed E-state index contributed by atoms with van der Waals surface area (Å²) in [4.78, 5) is 11.2. The Kier molecular flexibility index (Phi) is 3.96. The van der Waals surface area contributed by atoms with Gasteiger partial charge >= 0.3 is 5.97 Å². The van der Waals surface area contributed by atoms with E-state index in [2.05, 4.69) is 0 Å². The second-order valence-corrected chi connectivity index (χ2v) is 4.95. The zero-order valence-corrected chi connectivity index (χ0v) is 11.7. The van der Waals surface area contributed by atoms with E-state index in [1.807, 2.05) is 38.1 Å². The van der Waals surface area contributed by atoms with Crippen molar-refractivity contribution in [3.63, 3.8) is 0 Å². The highest BCUT2D eigenvalue weighted by atomic mass is 35.5. The molecule has 1 aromatic carbocycles. The Balaban J connectivity index is 2.58. The van der Waals surface area contributed by atoms with Crippen molar-refractivity contribution in [2.75, 3.05) is 0 Å². The maximum atomic E-state index is 11.2. The van der Waals surface area contributed by atoms with Crippen molar-refractivity contribution in [3.8, 4) is 11.3 Å². The van der Waals surface area contributed by atoms with Crippen LogP contribution in [0.4, 0.5) is 0 Å². The van der Waals surface area contributed by atoms with E-state index in [9.17, 15) is 9.90 Å². The Labute approximate surface area is 117 Å². The summed E-state index contributed by atoms with van der Waals surface area (Å²) >= 11 is 6.26. The smallest absolute Gasteiger partial charge is 0.352 e. The molecule has 0 aliphatic rings. The maximum absolute atomic E-state index is 11.2. The molecule has 2 aromatic rings. The van der Waals surface area contributed by atoms with Gasteiger partial charge in [-0.15, -0.1) is 0 Å². The van der Waals surface area contributed by atoms with E-state index < -0.39 is 5.97 Å². The molecule has 3 nitrogen and oxygen atoms in total. The second kappa shape index (κ2) is 5.49. The first-order chi connectivity index (χ1) is 9.04. The molecule has 100 valence electrons. The number of carboxylic acids is 1. The van der Waals surface area contributed by atoms with E-state index in [1.54, 1.807) is 10.6 Å². The Morgan fingerprint density at radius 1 is 1.32 bits per heavy atom. The molecule has 0 bridgehead atoms. The zero-order valence-electron chi connectivity index (χ0n) is 11.0. The van der Waals surface area contributed by atoms with Crippen molar-refractivity contribution in [2.24, 2.45) is 0 Å². The SMILES string of the molecule is CCCn1c(C(=O)O)ccc1-c1ccc(C)cc1Cl. The van der Waals surface area contributed by atoms with Crippen molar-refractivity contribution >= 4 is 17.6 Å². The summed E-state index contributed by atoms with van der Waals surface area (Å²) in [7, 11) is 0. The molecule has 1 aromatic heterocycles. The van der Waals surface area contributed by atoms with Gasteiger partial charge in [-0.2, -0.15) is 0 Å². The first kappa shape index (κ1) is 13.7. The number of rotatable bonds is 4. The van der Waals surface area contributed by atoms with Gasteiger partial charge in [-0.05, 0) is 37.1 Å². The van der Waals surface area contributed by atoms with E-state index in [4.69, 9.17) is 11.6 Å². The summed E-state index contributed by atoms with van der Waals surface area (Å²) in [5, 5.41) is 9.86. The highest BCUT2D eigenvalue weighted by Crippen LogP contribution is 2.30. The lowest BCUT2D eigenvalue weighted by Gasteiger charge is -2.12. The third-order valence-electron chi connectivity index (χ3n) is 3.05. The number of benzene rings is 1. The predicted octanol–water partition coefficient (Wildman–Crippen LogP) is 4.23. The molecule has 0 atom stereocenters. The molecule has 0 saturated carbocycles. The zero-order chi connectivity index (χ0) is 14.0. The van der Waals surface area contributed by atoms with E-state index in [0.717, 1.165) is 23.2 Å². The van der Waals surface area contributed by atoms with Crippen LogP contribution in [0.15, 0.2) is 30.3 Å². The van der Waals surface area contributed by atoms with Crippen LogP contribution in [0, 0.1) is 6.92 Å². The molecule has 0 fully saturated rings. The number of carboxylic acid groups (broad SMARTS) is 1. The molecular weight excluding hydrogens is 262 g/mol. The Bertz CT molecular complexity index is 617. The molecule has 0 amide bonds. The lowest BCUT2D eigenvalue weighted by molar-refractivity contribution is 0.0685. The molecule has 4 heteroatoms. The standard InChI is InChI=1S/C15H16ClNO2/c1-3-8-17-13(6-7-14(17)15(18)19)11-5-4-10(2)9-12(11)16/h4-7,9H,3,8H2,1-2H3,(H,18,19). The first-order valence-electron chi connectivity index (χ1n) is 6.24. The number of carbonyl (C=O) groups is 1. The second-order valence-electron chi connectivity index (χ2n) is 4.54. The highest BCUT2D eigenvalue weighted by Gasteiger charge is 2.16. The van der Waals surface area contributed by atoms with Gasteiger partial charge in [0.15, 0.2) is 0 Å². The molecule has 1 N–H and O–H groups in total.